The minimum absolute atomic E-state index is 0.462. The number of allylic oxidation sites excluding steroid dienone is 4. The van der Waals surface area contributed by atoms with Gasteiger partial charge in [-0.15, -0.1) is 11.6 Å². The van der Waals surface area contributed by atoms with Gasteiger partial charge in [0.15, 0.2) is 0 Å². The molecule has 0 aromatic rings. The molecule has 0 aliphatic carbocycles. The van der Waals surface area contributed by atoms with Gasteiger partial charge in [0, 0.05) is 31.2 Å². The Morgan fingerprint density at radius 1 is 1.33 bits per heavy atom. The first-order valence-corrected chi connectivity index (χ1v) is 5.56. The van der Waals surface area contributed by atoms with Gasteiger partial charge in [-0.2, -0.15) is 0 Å². The number of alkyl halides is 1. The first kappa shape index (κ1) is 14.0. The van der Waals surface area contributed by atoms with E-state index in [1.54, 1.807) is 13.3 Å². The van der Waals surface area contributed by atoms with Gasteiger partial charge in [0.2, 0.25) is 0 Å². The van der Waals surface area contributed by atoms with Gasteiger partial charge in [0.25, 0.3) is 0 Å². The number of nitrogens with one attached hydrogen (secondary N) is 1. The Hall–Kier alpha value is -1.02. The smallest absolute Gasteiger partial charge is 0.0503 e. The second-order valence-corrected chi connectivity index (χ2v) is 3.25. The molecule has 0 bridgehead atoms. The van der Waals surface area contributed by atoms with Crippen molar-refractivity contribution in [2.45, 2.75) is 20.3 Å². The lowest BCUT2D eigenvalue weighted by atomic mass is 10.2. The molecule has 0 amide bonds. The van der Waals surface area contributed by atoms with Crippen molar-refractivity contribution in [3.8, 4) is 0 Å². The van der Waals surface area contributed by atoms with E-state index in [0.717, 1.165) is 12.0 Å². The van der Waals surface area contributed by atoms with Gasteiger partial charge >= 0.3 is 0 Å². The monoisotopic (exact) mass is 226 g/mol. The number of hydrogen-bond donors (Lipinski definition) is 1. The van der Waals surface area contributed by atoms with Crippen molar-refractivity contribution in [1.82, 2.24) is 5.32 Å². The van der Waals surface area contributed by atoms with Gasteiger partial charge in [-0.25, -0.2) is 0 Å². The molecule has 84 valence electrons. The van der Waals surface area contributed by atoms with E-state index in [-0.39, 0.29) is 0 Å². The Kier molecular flexibility index (Phi) is 8.88. The van der Waals surface area contributed by atoms with E-state index in [2.05, 4.69) is 23.3 Å². The fourth-order valence-electron chi connectivity index (χ4n) is 1.01. The Labute approximate surface area is 97.4 Å². The number of halogens is 1. The van der Waals surface area contributed by atoms with E-state index in [0.29, 0.717) is 5.88 Å². The number of rotatable bonds is 6. The van der Waals surface area contributed by atoms with Gasteiger partial charge in [0.05, 0.1) is 5.88 Å². The van der Waals surface area contributed by atoms with Crippen LogP contribution < -0.4 is 5.32 Å². The van der Waals surface area contributed by atoms with Crippen LogP contribution >= 0.6 is 11.6 Å². The molecule has 0 aromatic carbocycles. The summed E-state index contributed by atoms with van der Waals surface area (Å²) in [4.78, 5) is 3.91. The third-order valence-electron chi connectivity index (χ3n) is 1.78. The summed E-state index contributed by atoms with van der Waals surface area (Å²) in [6.07, 6.45) is 10.7. The van der Waals surface area contributed by atoms with Crippen molar-refractivity contribution in [2.75, 3.05) is 12.9 Å². The molecule has 0 aromatic heterocycles. The zero-order valence-corrected chi connectivity index (χ0v) is 10.4. The van der Waals surface area contributed by atoms with Crippen LogP contribution in [0.4, 0.5) is 0 Å². The maximum Gasteiger partial charge on any atom is 0.0503 e. The lowest BCUT2D eigenvalue weighted by molar-refractivity contribution is 1.07. The van der Waals surface area contributed by atoms with Crippen molar-refractivity contribution in [3.05, 3.63) is 35.7 Å². The minimum atomic E-state index is 0.462. The highest BCUT2D eigenvalue weighted by atomic mass is 35.5. The largest absolute Gasteiger partial charge is 0.367 e. The van der Waals surface area contributed by atoms with E-state index in [4.69, 9.17) is 11.6 Å². The van der Waals surface area contributed by atoms with Crippen LogP contribution in [-0.4, -0.2) is 19.1 Å². The maximum absolute atomic E-state index is 5.72. The molecule has 3 heteroatoms. The molecule has 0 unspecified atom stereocenters. The summed E-state index contributed by atoms with van der Waals surface area (Å²) in [7, 11) is 1.73. The Morgan fingerprint density at radius 3 is 2.47 bits per heavy atom. The minimum Gasteiger partial charge on any atom is -0.367 e. The van der Waals surface area contributed by atoms with Gasteiger partial charge in [-0.1, -0.05) is 19.1 Å². The summed E-state index contributed by atoms with van der Waals surface area (Å²) in [6, 6.07) is 0. The molecule has 15 heavy (non-hydrogen) atoms. The molecule has 0 fully saturated rings. The lowest BCUT2D eigenvalue weighted by Crippen LogP contribution is -1.99. The van der Waals surface area contributed by atoms with Gasteiger partial charge in [-0.3, -0.25) is 4.99 Å². The summed E-state index contributed by atoms with van der Waals surface area (Å²) in [5.74, 6) is 0.462. The summed E-state index contributed by atoms with van der Waals surface area (Å²) < 4.78 is 0. The Balaban J connectivity index is 4.34. The van der Waals surface area contributed by atoms with Crippen LogP contribution in [0.2, 0.25) is 0 Å². The fourth-order valence-corrected chi connectivity index (χ4v) is 1.16. The first-order valence-electron chi connectivity index (χ1n) is 5.03. The highest BCUT2D eigenvalue weighted by molar-refractivity contribution is 6.21. The molecular formula is C12H19ClN2. The molecule has 0 spiro atoms. The van der Waals surface area contributed by atoms with E-state index >= 15 is 0 Å². The molecule has 0 aliphatic heterocycles. The zero-order chi connectivity index (χ0) is 11.5. The van der Waals surface area contributed by atoms with Crippen molar-refractivity contribution in [3.63, 3.8) is 0 Å². The average Bonchev–Trinajstić information content (AvgIpc) is 2.26. The van der Waals surface area contributed by atoms with Gasteiger partial charge in [-0.05, 0) is 18.9 Å². The van der Waals surface area contributed by atoms with Crippen LogP contribution in [0.25, 0.3) is 0 Å². The van der Waals surface area contributed by atoms with Crippen molar-refractivity contribution in [2.24, 2.45) is 4.99 Å². The molecular weight excluding hydrogens is 208 g/mol. The van der Waals surface area contributed by atoms with Crippen molar-refractivity contribution in [1.29, 1.82) is 0 Å². The molecule has 0 heterocycles. The second-order valence-electron chi connectivity index (χ2n) is 2.98. The highest BCUT2D eigenvalue weighted by Crippen LogP contribution is 2.00. The maximum atomic E-state index is 5.72. The Bertz CT molecular complexity index is 247. The number of nitrogens with zero attached hydrogens (tertiary/aromatic N) is 1. The first-order chi connectivity index (χ1) is 7.28. The topological polar surface area (TPSA) is 24.4 Å². The fraction of sp³-hybridized carbons (Fsp3) is 0.417. The van der Waals surface area contributed by atoms with Crippen molar-refractivity contribution < 1.29 is 0 Å². The van der Waals surface area contributed by atoms with Crippen LogP contribution in [0.1, 0.15) is 20.3 Å². The molecule has 2 nitrogen and oxygen atoms in total. The number of hydrogen-bond acceptors (Lipinski definition) is 2. The van der Waals surface area contributed by atoms with Gasteiger partial charge in [0.1, 0.15) is 0 Å². The van der Waals surface area contributed by atoms with E-state index < -0.39 is 0 Å². The van der Waals surface area contributed by atoms with Gasteiger partial charge < -0.3 is 5.32 Å². The van der Waals surface area contributed by atoms with Crippen LogP contribution in [0.15, 0.2) is 40.7 Å². The molecule has 0 saturated carbocycles. The second kappa shape index (κ2) is 9.53. The standard InChI is InChI=1S/C12H19ClN2/c1-4-6-11(5-2)9-15-10-12(7-13)8-14-3/h4,6,8-10,15H,5,7H2,1-3H3/b6-4-,11-9-,12-10?,14-8?. The third kappa shape index (κ3) is 6.97. The summed E-state index contributed by atoms with van der Waals surface area (Å²) >= 11 is 5.72. The van der Waals surface area contributed by atoms with E-state index in [9.17, 15) is 0 Å². The normalized spacial score (nSPS) is 14.1. The quantitative estimate of drug-likeness (QED) is 0.420. The molecule has 0 saturated heterocycles. The van der Waals surface area contributed by atoms with Crippen LogP contribution in [0.5, 0.6) is 0 Å². The molecule has 0 atom stereocenters. The highest BCUT2D eigenvalue weighted by Gasteiger charge is 1.89. The van der Waals surface area contributed by atoms with E-state index in [1.807, 2.05) is 25.4 Å². The zero-order valence-electron chi connectivity index (χ0n) is 9.63. The summed E-state index contributed by atoms with van der Waals surface area (Å²) in [5, 5.41) is 3.11. The lowest BCUT2D eigenvalue weighted by Gasteiger charge is -1.99. The van der Waals surface area contributed by atoms with Crippen LogP contribution in [0, 0.1) is 0 Å². The molecule has 0 rings (SSSR count). The summed E-state index contributed by atoms with van der Waals surface area (Å²) in [6.45, 7) is 4.13. The average molecular weight is 227 g/mol. The molecule has 0 aliphatic rings. The summed E-state index contributed by atoms with van der Waals surface area (Å²) in [5.41, 5.74) is 2.21. The van der Waals surface area contributed by atoms with Crippen molar-refractivity contribution >= 4 is 17.8 Å². The molecule has 1 N–H and O–H groups in total. The number of aliphatic imine (C=N–C) groups is 1. The van der Waals surface area contributed by atoms with E-state index in [1.165, 1.54) is 5.57 Å². The third-order valence-corrected chi connectivity index (χ3v) is 2.08. The predicted molar refractivity (Wildman–Crippen MR) is 69.5 cm³/mol. The SMILES string of the molecule is C/C=C\C(=C/NC=C(C=NC)CCl)CC. The predicted octanol–water partition coefficient (Wildman–Crippen LogP) is 3.27. The molecule has 0 radical (unpaired) electrons. The van der Waals surface area contributed by atoms with Crippen LogP contribution in [-0.2, 0) is 0 Å². The van der Waals surface area contributed by atoms with Crippen LogP contribution in [0.3, 0.4) is 0 Å². The Morgan fingerprint density at radius 2 is 2.00 bits per heavy atom.